The lowest BCUT2D eigenvalue weighted by Gasteiger charge is -2.15. The number of unbranched alkanes of at least 4 members (excludes halogenated alkanes) is 3. The van der Waals surface area contributed by atoms with Gasteiger partial charge in [0.05, 0.1) is 0 Å². The van der Waals surface area contributed by atoms with Crippen LogP contribution < -0.4 is 15.6 Å². The number of rotatable bonds is 9. The largest absolute Gasteiger partial charge is 0.483 e. The van der Waals surface area contributed by atoms with Gasteiger partial charge in [-0.05, 0) is 36.5 Å². The second-order valence-corrected chi connectivity index (χ2v) is 6.39. The van der Waals surface area contributed by atoms with Crippen LogP contribution in [0, 0.1) is 6.92 Å². The Kier molecular flexibility index (Phi) is 8.90. The van der Waals surface area contributed by atoms with E-state index in [4.69, 9.17) is 4.74 Å². The van der Waals surface area contributed by atoms with Gasteiger partial charge in [-0.1, -0.05) is 52.2 Å². The third-order valence-electron chi connectivity index (χ3n) is 3.75. The molecule has 0 aliphatic carbocycles. The highest BCUT2D eigenvalue weighted by Gasteiger charge is 2.10. The van der Waals surface area contributed by atoms with Crippen molar-refractivity contribution in [3.8, 4) is 5.75 Å². The highest BCUT2D eigenvalue weighted by Crippen LogP contribution is 2.27. The molecule has 0 bridgehead atoms. The molecule has 5 nitrogen and oxygen atoms in total. The quantitative estimate of drug-likeness (QED) is 0.535. The van der Waals surface area contributed by atoms with Crippen molar-refractivity contribution in [2.24, 2.45) is 0 Å². The first-order valence-corrected chi connectivity index (χ1v) is 8.75. The second-order valence-electron chi connectivity index (χ2n) is 6.39. The monoisotopic (exact) mass is 334 g/mol. The van der Waals surface area contributed by atoms with Crippen molar-refractivity contribution in [3.63, 3.8) is 0 Å². The van der Waals surface area contributed by atoms with Crippen LogP contribution in [-0.2, 0) is 9.59 Å². The lowest BCUT2D eigenvalue weighted by molar-refractivity contribution is -0.130. The lowest BCUT2D eigenvalue weighted by atomic mass is 10.0. The van der Waals surface area contributed by atoms with Crippen LogP contribution in [-0.4, -0.2) is 18.4 Å². The van der Waals surface area contributed by atoms with Crippen LogP contribution in [0.4, 0.5) is 0 Å². The number of ether oxygens (including phenoxy) is 1. The molecule has 1 aromatic carbocycles. The average molecular weight is 334 g/mol. The number of benzene rings is 1. The second kappa shape index (κ2) is 10.7. The van der Waals surface area contributed by atoms with Crippen LogP contribution in [0.5, 0.6) is 5.75 Å². The van der Waals surface area contributed by atoms with Crippen molar-refractivity contribution in [1.82, 2.24) is 10.9 Å². The van der Waals surface area contributed by atoms with E-state index in [0.717, 1.165) is 36.8 Å². The molecule has 0 radical (unpaired) electrons. The predicted octanol–water partition coefficient (Wildman–Crippen LogP) is 3.62. The van der Waals surface area contributed by atoms with Gasteiger partial charge in [-0.2, -0.15) is 0 Å². The van der Waals surface area contributed by atoms with Crippen LogP contribution in [0.25, 0.3) is 0 Å². The van der Waals surface area contributed by atoms with Crippen LogP contribution in [0.1, 0.15) is 69.9 Å². The number of hydrogen-bond donors (Lipinski definition) is 2. The fourth-order valence-corrected chi connectivity index (χ4v) is 2.34. The molecule has 0 aromatic heterocycles. The Balaban J connectivity index is 2.36. The van der Waals surface area contributed by atoms with Crippen LogP contribution >= 0.6 is 0 Å². The Bertz CT molecular complexity index is 541. The van der Waals surface area contributed by atoms with Crippen molar-refractivity contribution in [1.29, 1.82) is 0 Å². The van der Waals surface area contributed by atoms with Gasteiger partial charge in [0, 0.05) is 6.42 Å². The Morgan fingerprint density at radius 3 is 2.46 bits per heavy atom. The number of aryl methyl sites for hydroxylation is 1. The third kappa shape index (κ3) is 7.49. The van der Waals surface area contributed by atoms with Gasteiger partial charge in [0.15, 0.2) is 6.61 Å². The molecule has 0 saturated heterocycles. The minimum absolute atomic E-state index is 0.126. The van der Waals surface area contributed by atoms with Gasteiger partial charge in [0.25, 0.3) is 5.91 Å². The van der Waals surface area contributed by atoms with Gasteiger partial charge in [-0.25, -0.2) is 0 Å². The summed E-state index contributed by atoms with van der Waals surface area (Å²) in [6.07, 6.45) is 4.56. The Labute approximate surface area is 145 Å². The lowest BCUT2D eigenvalue weighted by Crippen LogP contribution is -2.43. The van der Waals surface area contributed by atoms with E-state index >= 15 is 0 Å². The molecule has 1 aromatic rings. The summed E-state index contributed by atoms with van der Waals surface area (Å²) < 4.78 is 5.62. The van der Waals surface area contributed by atoms with Crippen molar-refractivity contribution < 1.29 is 14.3 Å². The molecule has 0 unspecified atom stereocenters. The van der Waals surface area contributed by atoms with E-state index in [2.05, 4.69) is 31.6 Å². The topological polar surface area (TPSA) is 67.4 Å². The van der Waals surface area contributed by atoms with Crippen molar-refractivity contribution in [3.05, 3.63) is 29.3 Å². The first-order chi connectivity index (χ1) is 11.4. The molecule has 0 atom stereocenters. The molecule has 0 spiro atoms. The number of carbonyl (C=O) groups is 2. The summed E-state index contributed by atoms with van der Waals surface area (Å²) in [4.78, 5) is 23.4. The van der Waals surface area contributed by atoms with Gasteiger partial charge >= 0.3 is 0 Å². The smallest absolute Gasteiger partial charge is 0.276 e. The normalized spacial score (nSPS) is 10.5. The van der Waals surface area contributed by atoms with E-state index in [1.165, 1.54) is 0 Å². The maximum absolute atomic E-state index is 11.8. The van der Waals surface area contributed by atoms with E-state index in [0.29, 0.717) is 18.1 Å². The zero-order valence-electron chi connectivity index (χ0n) is 15.3. The summed E-state index contributed by atoms with van der Waals surface area (Å²) in [5, 5.41) is 0. The molecule has 0 aliphatic heterocycles. The number of carbonyl (C=O) groups excluding carboxylic acids is 2. The van der Waals surface area contributed by atoms with Gasteiger partial charge in [-0.15, -0.1) is 0 Å². The fraction of sp³-hybridized carbons (Fsp3) is 0.579. The zero-order valence-corrected chi connectivity index (χ0v) is 15.3. The van der Waals surface area contributed by atoms with E-state index in [9.17, 15) is 9.59 Å². The van der Waals surface area contributed by atoms with E-state index < -0.39 is 0 Å². The summed E-state index contributed by atoms with van der Waals surface area (Å²) in [5.74, 6) is 0.489. The summed E-state index contributed by atoms with van der Waals surface area (Å²) in [5.41, 5.74) is 6.96. The Hall–Kier alpha value is -2.04. The zero-order chi connectivity index (χ0) is 17.9. The molecule has 1 rings (SSSR count). The van der Waals surface area contributed by atoms with Gasteiger partial charge in [-0.3, -0.25) is 20.4 Å². The van der Waals surface area contributed by atoms with Crippen molar-refractivity contribution in [2.75, 3.05) is 6.61 Å². The SMILES string of the molecule is CCCCCCC(=O)NNC(=O)COc1cc(C)ccc1C(C)C. The van der Waals surface area contributed by atoms with Gasteiger partial charge < -0.3 is 4.74 Å². The van der Waals surface area contributed by atoms with Crippen LogP contribution in [0.3, 0.4) is 0 Å². The molecular weight excluding hydrogens is 304 g/mol. The predicted molar refractivity (Wildman–Crippen MR) is 95.8 cm³/mol. The van der Waals surface area contributed by atoms with Crippen molar-refractivity contribution >= 4 is 11.8 Å². The molecule has 2 amide bonds. The standard InChI is InChI=1S/C19H30N2O3/c1-5-6-7-8-9-18(22)20-21-19(23)13-24-17-12-15(4)10-11-16(17)14(2)3/h10-12,14H,5-9,13H2,1-4H3,(H,20,22)(H,21,23). The van der Waals surface area contributed by atoms with E-state index in [1.54, 1.807) is 0 Å². The summed E-state index contributed by atoms with van der Waals surface area (Å²) >= 11 is 0. The Morgan fingerprint density at radius 1 is 1.08 bits per heavy atom. The summed E-state index contributed by atoms with van der Waals surface area (Å²) in [6.45, 7) is 8.14. The number of nitrogens with one attached hydrogen (secondary N) is 2. The molecule has 0 heterocycles. The average Bonchev–Trinajstić information content (AvgIpc) is 2.54. The Morgan fingerprint density at radius 2 is 1.79 bits per heavy atom. The maximum Gasteiger partial charge on any atom is 0.276 e. The molecule has 5 heteroatoms. The number of amides is 2. The number of hydrazine groups is 1. The fourth-order valence-electron chi connectivity index (χ4n) is 2.34. The van der Waals surface area contributed by atoms with Gasteiger partial charge in [0.1, 0.15) is 5.75 Å². The molecule has 0 saturated carbocycles. The molecule has 0 fully saturated rings. The third-order valence-corrected chi connectivity index (χ3v) is 3.75. The van der Waals surface area contributed by atoms with Crippen molar-refractivity contribution in [2.45, 2.75) is 65.7 Å². The number of hydrogen-bond acceptors (Lipinski definition) is 3. The molecule has 24 heavy (non-hydrogen) atoms. The minimum atomic E-state index is -0.367. The van der Waals surface area contributed by atoms with E-state index in [-0.39, 0.29) is 18.4 Å². The first-order valence-electron chi connectivity index (χ1n) is 8.75. The van der Waals surface area contributed by atoms with E-state index in [1.807, 2.05) is 25.1 Å². The highest BCUT2D eigenvalue weighted by molar-refractivity contribution is 5.82. The molecule has 134 valence electrons. The minimum Gasteiger partial charge on any atom is -0.483 e. The van der Waals surface area contributed by atoms with Gasteiger partial charge in [0.2, 0.25) is 5.91 Å². The molecule has 0 aliphatic rings. The molecular formula is C19H30N2O3. The summed E-state index contributed by atoms with van der Waals surface area (Å²) in [7, 11) is 0. The first kappa shape index (κ1) is 20.0. The highest BCUT2D eigenvalue weighted by atomic mass is 16.5. The summed E-state index contributed by atoms with van der Waals surface area (Å²) in [6, 6.07) is 5.97. The van der Waals surface area contributed by atoms with Crippen LogP contribution in [0.15, 0.2) is 18.2 Å². The maximum atomic E-state index is 11.8. The molecule has 2 N–H and O–H groups in total. The van der Waals surface area contributed by atoms with Crippen LogP contribution in [0.2, 0.25) is 0 Å².